The molecule has 2 amide bonds. The summed E-state index contributed by atoms with van der Waals surface area (Å²) in [5, 5.41) is 7.53. The van der Waals surface area contributed by atoms with Gasteiger partial charge in [0.1, 0.15) is 0 Å². The SMILES string of the molecule is COCCCNc1cc(CCCOC)c2c3c(cccc13)C(=O)NC2=O. The number of methoxy groups -OCH3 is 2. The molecule has 0 saturated carbocycles. The fourth-order valence-corrected chi connectivity index (χ4v) is 3.40. The number of benzene rings is 2. The number of hydrogen-bond donors (Lipinski definition) is 2. The molecule has 2 aromatic rings. The van der Waals surface area contributed by atoms with E-state index in [9.17, 15) is 9.59 Å². The fraction of sp³-hybridized carbons (Fsp3) is 0.400. The van der Waals surface area contributed by atoms with Crippen molar-refractivity contribution in [1.82, 2.24) is 5.32 Å². The molecule has 0 aromatic heterocycles. The maximum atomic E-state index is 12.5. The van der Waals surface area contributed by atoms with E-state index in [0.717, 1.165) is 41.4 Å². The second kappa shape index (κ2) is 8.29. The van der Waals surface area contributed by atoms with Crippen LogP contribution in [-0.2, 0) is 15.9 Å². The number of ether oxygens (including phenoxy) is 2. The summed E-state index contributed by atoms with van der Waals surface area (Å²) in [6.45, 7) is 2.05. The van der Waals surface area contributed by atoms with Crippen LogP contribution in [0, 0.1) is 0 Å². The van der Waals surface area contributed by atoms with E-state index >= 15 is 0 Å². The van der Waals surface area contributed by atoms with Crippen molar-refractivity contribution in [2.24, 2.45) is 0 Å². The van der Waals surface area contributed by atoms with E-state index in [1.807, 2.05) is 18.2 Å². The highest BCUT2D eigenvalue weighted by molar-refractivity contribution is 6.27. The molecule has 6 nitrogen and oxygen atoms in total. The zero-order valence-electron chi connectivity index (χ0n) is 15.2. The molecule has 0 saturated heterocycles. The Labute approximate surface area is 152 Å². The molecule has 6 heteroatoms. The zero-order chi connectivity index (χ0) is 18.5. The summed E-state index contributed by atoms with van der Waals surface area (Å²) >= 11 is 0. The molecule has 0 bridgehead atoms. The van der Waals surface area contributed by atoms with Gasteiger partial charge in [0.25, 0.3) is 11.8 Å². The summed E-state index contributed by atoms with van der Waals surface area (Å²) in [5.41, 5.74) is 3.03. The minimum atomic E-state index is -0.340. The van der Waals surface area contributed by atoms with Crippen molar-refractivity contribution < 1.29 is 19.1 Å². The third-order valence-corrected chi connectivity index (χ3v) is 4.58. The highest BCUT2D eigenvalue weighted by atomic mass is 16.5. The lowest BCUT2D eigenvalue weighted by Crippen LogP contribution is -2.35. The average molecular weight is 356 g/mol. The van der Waals surface area contributed by atoms with Gasteiger partial charge in [-0.05, 0) is 37.0 Å². The number of hydrogen-bond acceptors (Lipinski definition) is 5. The molecule has 2 N–H and O–H groups in total. The van der Waals surface area contributed by atoms with E-state index < -0.39 is 0 Å². The number of carbonyl (C=O) groups is 2. The van der Waals surface area contributed by atoms with E-state index in [-0.39, 0.29) is 11.8 Å². The third kappa shape index (κ3) is 3.57. The van der Waals surface area contributed by atoms with Crippen LogP contribution in [0.1, 0.15) is 39.1 Å². The van der Waals surface area contributed by atoms with E-state index in [0.29, 0.717) is 30.8 Å². The molecule has 0 spiro atoms. The van der Waals surface area contributed by atoms with Crippen molar-refractivity contribution in [1.29, 1.82) is 0 Å². The molecule has 2 aromatic carbocycles. The van der Waals surface area contributed by atoms with Gasteiger partial charge < -0.3 is 14.8 Å². The number of imide groups is 1. The average Bonchev–Trinajstić information content (AvgIpc) is 2.64. The molecule has 26 heavy (non-hydrogen) atoms. The van der Waals surface area contributed by atoms with E-state index in [1.54, 1.807) is 20.3 Å². The van der Waals surface area contributed by atoms with Crippen LogP contribution >= 0.6 is 0 Å². The molecule has 0 unspecified atom stereocenters. The smallest absolute Gasteiger partial charge is 0.259 e. The van der Waals surface area contributed by atoms with Crippen molar-refractivity contribution in [2.45, 2.75) is 19.3 Å². The fourth-order valence-electron chi connectivity index (χ4n) is 3.40. The summed E-state index contributed by atoms with van der Waals surface area (Å²) < 4.78 is 10.2. The third-order valence-electron chi connectivity index (χ3n) is 4.58. The maximum absolute atomic E-state index is 12.5. The largest absolute Gasteiger partial charge is 0.385 e. The van der Waals surface area contributed by atoms with Gasteiger partial charge in [-0.3, -0.25) is 14.9 Å². The standard InChI is InChI=1S/C20H24N2O4/c1-25-10-4-6-13-12-16(21-9-5-11-26-2)14-7-3-8-15-18(14)17(13)20(24)22-19(15)23/h3,7-8,12,21H,4-6,9-11H2,1-2H3,(H,22,23,24). The van der Waals surface area contributed by atoms with Crippen LogP contribution in [-0.4, -0.2) is 45.8 Å². The highest BCUT2D eigenvalue weighted by Gasteiger charge is 2.28. The normalized spacial score (nSPS) is 13.2. The Hall–Kier alpha value is -2.44. The summed E-state index contributed by atoms with van der Waals surface area (Å²) in [4.78, 5) is 24.8. The molecule has 1 aliphatic heterocycles. The number of carbonyl (C=O) groups excluding carboxylic acids is 2. The first-order valence-corrected chi connectivity index (χ1v) is 8.83. The Kier molecular flexibility index (Phi) is 5.85. The van der Waals surface area contributed by atoms with Gasteiger partial charge in [0.15, 0.2) is 0 Å². The van der Waals surface area contributed by atoms with Crippen LogP contribution < -0.4 is 10.6 Å². The molecule has 138 valence electrons. The first kappa shape index (κ1) is 18.4. The van der Waals surface area contributed by atoms with Crippen molar-refractivity contribution in [3.05, 3.63) is 41.0 Å². The van der Waals surface area contributed by atoms with E-state index in [4.69, 9.17) is 9.47 Å². The Balaban J connectivity index is 2.08. The van der Waals surface area contributed by atoms with Crippen LogP contribution in [0.5, 0.6) is 0 Å². The van der Waals surface area contributed by atoms with Crippen LogP contribution in [0.4, 0.5) is 5.69 Å². The Morgan fingerprint density at radius 1 is 1.04 bits per heavy atom. The van der Waals surface area contributed by atoms with E-state index in [2.05, 4.69) is 10.6 Å². The lowest BCUT2D eigenvalue weighted by Gasteiger charge is -2.22. The van der Waals surface area contributed by atoms with E-state index in [1.165, 1.54) is 0 Å². The molecular weight excluding hydrogens is 332 g/mol. The molecule has 0 aliphatic carbocycles. The Bertz CT molecular complexity index is 832. The number of aryl methyl sites for hydroxylation is 1. The van der Waals surface area contributed by atoms with Gasteiger partial charge in [-0.1, -0.05) is 12.1 Å². The van der Waals surface area contributed by atoms with Crippen LogP contribution in [0.3, 0.4) is 0 Å². The lowest BCUT2D eigenvalue weighted by molar-refractivity contribution is 0.0844. The predicted molar refractivity (Wildman–Crippen MR) is 101 cm³/mol. The first-order chi connectivity index (χ1) is 12.7. The second-order valence-corrected chi connectivity index (χ2v) is 6.34. The van der Waals surface area contributed by atoms with Gasteiger partial charge in [-0.15, -0.1) is 0 Å². The summed E-state index contributed by atoms with van der Waals surface area (Å²) in [6.07, 6.45) is 2.39. The van der Waals surface area contributed by atoms with Crippen LogP contribution in [0.15, 0.2) is 24.3 Å². The van der Waals surface area contributed by atoms with Crippen molar-refractivity contribution in [3.63, 3.8) is 0 Å². The van der Waals surface area contributed by atoms with Gasteiger partial charge >= 0.3 is 0 Å². The molecule has 1 heterocycles. The number of rotatable bonds is 9. The van der Waals surface area contributed by atoms with Crippen molar-refractivity contribution in [2.75, 3.05) is 39.3 Å². The minimum absolute atomic E-state index is 0.322. The van der Waals surface area contributed by atoms with Gasteiger partial charge in [-0.2, -0.15) is 0 Å². The first-order valence-electron chi connectivity index (χ1n) is 8.83. The van der Waals surface area contributed by atoms with Gasteiger partial charge in [-0.25, -0.2) is 0 Å². The molecular formula is C20H24N2O4. The second-order valence-electron chi connectivity index (χ2n) is 6.34. The number of nitrogens with one attached hydrogen (secondary N) is 2. The Morgan fingerprint density at radius 2 is 1.81 bits per heavy atom. The lowest BCUT2D eigenvalue weighted by atomic mass is 9.89. The monoisotopic (exact) mass is 356 g/mol. The molecule has 0 radical (unpaired) electrons. The molecule has 0 atom stereocenters. The van der Waals surface area contributed by atoms with Crippen LogP contribution in [0.25, 0.3) is 10.8 Å². The van der Waals surface area contributed by atoms with Crippen LogP contribution in [0.2, 0.25) is 0 Å². The predicted octanol–water partition coefficient (Wildman–Crippen LogP) is 2.75. The van der Waals surface area contributed by atoms with Gasteiger partial charge in [0, 0.05) is 56.0 Å². The summed E-state index contributed by atoms with van der Waals surface area (Å²) in [5.74, 6) is -0.662. The minimum Gasteiger partial charge on any atom is -0.385 e. The topological polar surface area (TPSA) is 76.7 Å². The molecule has 0 fully saturated rings. The zero-order valence-corrected chi connectivity index (χ0v) is 15.2. The summed E-state index contributed by atoms with van der Waals surface area (Å²) in [6, 6.07) is 7.59. The highest BCUT2D eigenvalue weighted by Crippen LogP contribution is 2.35. The number of anilines is 1. The molecule has 3 rings (SSSR count). The van der Waals surface area contributed by atoms with Crippen molar-refractivity contribution in [3.8, 4) is 0 Å². The Morgan fingerprint density at radius 3 is 2.58 bits per heavy atom. The maximum Gasteiger partial charge on any atom is 0.259 e. The van der Waals surface area contributed by atoms with Gasteiger partial charge in [0.2, 0.25) is 0 Å². The number of amides is 2. The van der Waals surface area contributed by atoms with Crippen molar-refractivity contribution >= 4 is 28.3 Å². The summed E-state index contributed by atoms with van der Waals surface area (Å²) in [7, 11) is 3.34. The van der Waals surface area contributed by atoms with Gasteiger partial charge in [0.05, 0.1) is 5.56 Å². The quantitative estimate of drug-likeness (QED) is 0.534. The molecule has 1 aliphatic rings.